The molecule has 0 atom stereocenters. The van der Waals surface area contributed by atoms with Crippen molar-refractivity contribution in [2.45, 2.75) is 53.1 Å². The van der Waals surface area contributed by atoms with Gasteiger partial charge in [0, 0.05) is 24.3 Å². The van der Waals surface area contributed by atoms with Crippen molar-refractivity contribution in [3.05, 3.63) is 57.5 Å². The number of aromatic nitrogens is 2. The maximum Gasteiger partial charge on any atom is 0.204 e. The Balaban J connectivity index is 2.37. The minimum absolute atomic E-state index is 0.0132. The number of nitrogens with one attached hydrogen (secondary N) is 1. The van der Waals surface area contributed by atoms with Crippen LogP contribution in [0.2, 0.25) is 0 Å². The first-order valence-corrected chi connectivity index (χ1v) is 7.82. The summed E-state index contributed by atoms with van der Waals surface area (Å²) in [6, 6.07) is 10.3. The van der Waals surface area contributed by atoms with Gasteiger partial charge in [0.2, 0.25) is 5.43 Å². The normalized spacial score (nSPS) is 11.4. The maximum atomic E-state index is 12.1. The molecular weight excluding hydrogens is 274 g/mol. The summed E-state index contributed by atoms with van der Waals surface area (Å²) in [6.45, 7) is 10.8. The Hall–Kier alpha value is -1.94. The highest BCUT2D eigenvalue weighted by atomic mass is 16.1. The number of rotatable bonds is 5. The molecule has 0 unspecified atom stereocenters. The number of benzene rings is 1. The van der Waals surface area contributed by atoms with E-state index in [1.165, 1.54) is 5.56 Å². The van der Waals surface area contributed by atoms with Crippen LogP contribution in [-0.4, -0.2) is 15.8 Å². The molecule has 2 rings (SSSR count). The third-order valence-electron chi connectivity index (χ3n) is 3.66. The van der Waals surface area contributed by atoms with E-state index in [0.717, 1.165) is 11.4 Å². The minimum Gasteiger partial charge on any atom is -0.309 e. The van der Waals surface area contributed by atoms with Gasteiger partial charge in [-0.25, -0.2) is 4.68 Å². The third kappa shape index (κ3) is 3.83. The highest BCUT2D eigenvalue weighted by Gasteiger charge is 2.08. The van der Waals surface area contributed by atoms with Crippen LogP contribution in [-0.2, 0) is 6.54 Å². The lowest BCUT2D eigenvalue weighted by molar-refractivity contribution is 0.568. The van der Waals surface area contributed by atoms with Crippen LogP contribution in [0, 0.1) is 6.92 Å². The molecule has 4 heteroatoms. The van der Waals surface area contributed by atoms with Crippen molar-refractivity contribution in [1.29, 1.82) is 0 Å². The Kier molecular flexibility index (Phi) is 5.14. The van der Waals surface area contributed by atoms with Crippen LogP contribution in [0.5, 0.6) is 0 Å². The predicted molar refractivity (Wildman–Crippen MR) is 90.6 cm³/mol. The Bertz CT molecular complexity index is 684. The smallest absolute Gasteiger partial charge is 0.204 e. The second-order valence-corrected chi connectivity index (χ2v) is 6.29. The molecule has 1 aromatic heterocycles. The first-order valence-electron chi connectivity index (χ1n) is 7.82. The quantitative estimate of drug-likeness (QED) is 0.922. The summed E-state index contributed by atoms with van der Waals surface area (Å²) in [5, 5.41) is 7.78. The fourth-order valence-electron chi connectivity index (χ4n) is 2.27. The molecule has 0 aliphatic rings. The molecule has 0 saturated carbocycles. The summed E-state index contributed by atoms with van der Waals surface area (Å²) >= 11 is 0. The Morgan fingerprint density at radius 3 is 2.32 bits per heavy atom. The van der Waals surface area contributed by atoms with E-state index >= 15 is 0 Å². The lowest BCUT2D eigenvalue weighted by atomic mass is 10.0. The van der Waals surface area contributed by atoms with E-state index < -0.39 is 0 Å². The molecule has 4 nitrogen and oxygen atoms in total. The predicted octanol–water partition coefficient (Wildman–Crippen LogP) is 3.16. The van der Waals surface area contributed by atoms with Gasteiger partial charge in [-0.05, 0) is 30.5 Å². The van der Waals surface area contributed by atoms with Crippen molar-refractivity contribution >= 4 is 0 Å². The lowest BCUT2D eigenvalue weighted by Gasteiger charge is -2.14. The molecule has 0 bridgehead atoms. The van der Waals surface area contributed by atoms with Crippen LogP contribution in [0.25, 0.3) is 5.69 Å². The first-order chi connectivity index (χ1) is 10.4. The topological polar surface area (TPSA) is 46.9 Å². The number of nitrogens with zero attached hydrogens (tertiary/aromatic N) is 2. The summed E-state index contributed by atoms with van der Waals surface area (Å²) in [5.41, 5.74) is 3.65. The molecule has 0 radical (unpaired) electrons. The van der Waals surface area contributed by atoms with Crippen LogP contribution in [0.1, 0.15) is 50.6 Å². The van der Waals surface area contributed by atoms with Crippen LogP contribution in [0.15, 0.2) is 35.1 Å². The minimum atomic E-state index is -0.0132. The molecule has 0 fully saturated rings. The lowest BCUT2D eigenvalue weighted by Crippen LogP contribution is -2.28. The van der Waals surface area contributed by atoms with Gasteiger partial charge >= 0.3 is 0 Å². The van der Waals surface area contributed by atoms with Crippen molar-refractivity contribution < 1.29 is 0 Å². The van der Waals surface area contributed by atoms with E-state index in [2.05, 4.69) is 62.4 Å². The highest BCUT2D eigenvalue weighted by molar-refractivity contribution is 5.36. The second-order valence-electron chi connectivity index (χ2n) is 6.29. The van der Waals surface area contributed by atoms with Crippen LogP contribution < -0.4 is 10.7 Å². The van der Waals surface area contributed by atoms with Gasteiger partial charge in [0.1, 0.15) is 5.69 Å². The molecule has 1 N–H and O–H groups in total. The van der Waals surface area contributed by atoms with Crippen molar-refractivity contribution in [1.82, 2.24) is 15.1 Å². The van der Waals surface area contributed by atoms with Crippen molar-refractivity contribution in [3.8, 4) is 5.69 Å². The third-order valence-corrected chi connectivity index (χ3v) is 3.66. The van der Waals surface area contributed by atoms with Gasteiger partial charge in [-0.1, -0.05) is 39.8 Å². The first kappa shape index (κ1) is 16.4. The molecular formula is C18H25N3O. The summed E-state index contributed by atoms with van der Waals surface area (Å²) in [6.07, 6.45) is 0. The summed E-state index contributed by atoms with van der Waals surface area (Å²) in [7, 11) is 0. The van der Waals surface area contributed by atoms with E-state index in [0.29, 0.717) is 24.2 Å². The zero-order valence-electron chi connectivity index (χ0n) is 14.1. The van der Waals surface area contributed by atoms with Gasteiger partial charge in [0.05, 0.1) is 5.69 Å². The van der Waals surface area contributed by atoms with Crippen molar-refractivity contribution in [2.75, 3.05) is 0 Å². The van der Waals surface area contributed by atoms with Crippen molar-refractivity contribution in [3.63, 3.8) is 0 Å². The molecule has 2 aromatic rings. The van der Waals surface area contributed by atoms with Crippen LogP contribution in [0.3, 0.4) is 0 Å². The molecule has 0 aliphatic carbocycles. The van der Waals surface area contributed by atoms with Gasteiger partial charge in [-0.15, -0.1) is 0 Å². The zero-order chi connectivity index (χ0) is 16.3. The van der Waals surface area contributed by atoms with Gasteiger partial charge in [0.15, 0.2) is 0 Å². The molecule has 22 heavy (non-hydrogen) atoms. The van der Waals surface area contributed by atoms with Crippen LogP contribution in [0.4, 0.5) is 0 Å². The highest BCUT2D eigenvalue weighted by Crippen LogP contribution is 2.17. The van der Waals surface area contributed by atoms with E-state index in [9.17, 15) is 4.79 Å². The zero-order valence-corrected chi connectivity index (χ0v) is 14.1. The fraction of sp³-hybridized carbons (Fsp3) is 0.444. The van der Waals surface area contributed by atoms with Gasteiger partial charge in [0.25, 0.3) is 0 Å². The van der Waals surface area contributed by atoms with Gasteiger partial charge in [-0.2, -0.15) is 5.10 Å². The van der Waals surface area contributed by atoms with E-state index in [4.69, 9.17) is 0 Å². The SMILES string of the molecule is Cc1cc(=O)c(CNC(C)C)nn1-c1ccc(C(C)C)cc1. The largest absolute Gasteiger partial charge is 0.309 e. The molecule has 118 valence electrons. The van der Waals surface area contributed by atoms with E-state index in [-0.39, 0.29) is 5.43 Å². The molecule has 1 heterocycles. The standard InChI is InChI=1S/C18H25N3O/c1-12(2)15-6-8-16(9-7-15)21-14(5)10-18(22)17(20-21)11-19-13(3)4/h6-10,12-13,19H,11H2,1-5H3. The Labute approximate surface area is 132 Å². The molecule has 0 aliphatic heterocycles. The molecule has 1 aromatic carbocycles. The summed E-state index contributed by atoms with van der Waals surface area (Å²) in [4.78, 5) is 12.1. The average molecular weight is 299 g/mol. The summed E-state index contributed by atoms with van der Waals surface area (Å²) in [5.74, 6) is 0.503. The summed E-state index contributed by atoms with van der Waals surface area (Å²) < 4.78 is 1.84. The molecule has 0 amide bonds. The maximum absolute atomic E-state index is 12.1. The number of hydrogen-bond donors (Lipinski definition) is 1. The number of hydrogen-bond acceptors (Lipinski definition) is 3. The molecule has 0 saturated heterocycles. The van der Waals surface area contributed by atoms with Gasteiger partial charge < -0.3 is 5.32 Å². The van der Waals surface area contributed by atoms with Crippen LogP contribution >= 0.6 is 0 Å². The average Bonchev–Trinajstić information content (AvgIpc) is 2.46. The van der Waals surface area contributed by atoms with Crippen molar-refractivity contribution in [2.24, 2.45) is 0 Å². The molecule has 0 spiro atoms. The Morgan fingerprint density at radius 2 is 1.77 bits per heavy atom. The van der Waals surface area contributed by atoms with Gasteiger partial charge in [-0.3, -0.25) is 4.79 Å². The van der Waals surface area contributed by atoms with E-state index in [1.807, 2.05) is 11.6 Å². The number of aryl methyl sites for hydroxylation is 1. The van der Waals surface area contributed by atoms with E-state index in [1.54, 1.807) is 6.07 Å². The monoisotopic (exact) mass is 299 g/mol. The fourth-order valence-corrected chi connectivity index (χ4v) is 2.27. The Morgan fingerprint density at radius 1 is 1.14 bits per heavy atom. The second kappa shape index (κ2) is 6.88.